The Hall–Kier alpha value is -3.96. The molecule has 5 heteroatoms. The van der Waals surface area contributed by atoms with Gasteiger partial charge in [0.2, 0.25) is 0 Å². The van der Waals surface area contributed by atoms with E-state index in [0.717, 1.165) is 135 Å². The lowest BCUT2D eigenvalue weighted by Crippen LogP contribution is -2.30. The Morgan fingerprint density at radius 2 is 0.719 bits per heavy atom. The van der Waals surface area contributed by atoms with Crippen LogP contribution in [-0.2, 0) is 23.8 Å². The summed E-state index contributed by atoms with van der Waals surface area (Å²) in [6, 6.07) is 0. The standard InChI is InChI=1S/C59H94O5/c1-4-7-10-13-16-19-22-24-26-28-29-30-32-34-36-39-42-45-48-51-54-62-55-57(64-59(61)53-50-47-44-41-37-21-18-15-12-9-6-3)56-63-58(60)52-49-46-43-40-38-35-33-31-27-25-23-20-17-14-11-8-5-2/h7-8,10-11,15-20,24-27,29-30,33-36,40,43,57H,4-6,9,12-14,21-23,28,31-32,37-39,41-42,44-56H2,1-3H3/b10-7-,11-8-,18-15-,19-16-,20-17-,26-24-,27-25-,30-29-,35-33-,36-34-,43-40-. The maximum Gasteiger partial charge on any atom is 0.306 e. The fourth-order valence-corrected chi connectivity index (χ4v) is 6.37. The Kier molecular flexibility index (Phi) is 50.1. The SMILES string of the molecule is CC/C=C\C/C=C\C/C=C\C/C=C\C/C=C\CCCCCCOCC(COC(=O)CCC/C=C\C/C=C\C/C=C\C/C=C\C/C=C\CC)OC(=O)CCCCCCC/C=C\CCCC. The van der Waals surface area contributed by atoms with Crippen molar-refractivity contribution in [2.75, 3.05) is 19.8 Å². The summed E-state index contributed by atoms with van der Waals surface area (Å²) in [4.78, 5) is 25.3. The van der Waals surface area contributed by atoms with Crippen LogP contribution < -0.4 is 0 Å². The van der Waals surface area contributed by atoms with Crippen LogP contribution in [-0.4, -0.2) is 37.9 Å². The van der Waals surface area contributed by atoms with Crippen molar-refractivity contribution in [3.05, 3.63) is 134 Å². The van der Waals surface area contributed by atoms with Crippen molar-refractivity contribution in [1.82, 2.24) is 0 Å². The van der Waals surface area contributed by atoms with Gasteiger partial charge in [0.15, 0.2) is 6.10 Å². The van der Waals surface area contributed by atoms with E-state index in [0.29, 0.717) is 19.4 Å². The van der Waals surface area contributed by atoms with E-state index in [-0.39, 0.29) is 25.2 Å². The predicted molar refractivity (Wildman–Crippen MR) is 278 cm³/mol. The van der Waals surface area contributed by atoms with E-state index in [1.807, 2.05) is 0 Å². The van der Waals surface area contributed by atoms with Crippen LogP contribution in [0.25, 0.3) is 0 Å². The molecule has 360 valence electrons. The summed E-state index contributed by atoms with van der Waals surface area (Å²) < 4.78 is 17.3. The van der Waals surface area contributed by atoms with Crippen LogP contribution in [0.2, 0.25) is 0 Å². The summed E-state index contributed by atoms with van der Waals surface area (Å²) in [7, 11) is 0. The van der Waals surface area contributed by atoms with Gasteiger partial charge in [-0.25, -0.2) is 0 Å². The van der Waals surface area contributed by atoms with Gasteiger partial charge in [-0.2, -0.15) is 0 Å². The van der Waals surface area contributed by atoms with Crippen molar-refractivity contribution in [3.8, 4) is 0 Å². The molecule has 0 amide bonds. The number of hydrogen-bond acceptors (Lipinski definition) is 5. The number of esters is 2. The fraction of sp³-hybridized carbons (Fsp3) is 0.593. The van der Waals surface area contributed by atoms with Crippen LogP contribution in [0.5, 0.6) is 0 Å². The van der Waals surface area contributed by atoms with E-state index < -0.39 is 6.10 Å². The second-order valence-corrected chi connectivity index (χ2v) is 16.3. The lowest BCUT2D eigenvalue weighted by Gasteiger charge is -2.18. The summed E-state index contributed by atoms with van der Waals surface area (Å²) in [5, 5.41) is 0. The van der Waals surface area contributed by atoms with Crippen molar-refractivity contribution in [3.63, 3.8) is 0 Å². The second kappa shape index (κ2) is 53.4. The first-order valence-corrected chi connectivity index (χ1v) is 25.7. The molecule has 1 unspecified atom stereocenters. The molecule has 0 aromatic carbocycles. The van der Waals surface area contributed by atoms with E-state index in [1.165, 1.54) is 32.1 Å². The molecular formula is C59H94O5. The summed E-state index contributed by atoms with van der Waals surface area (Å²) in [5.74, 6) is -0.502. The third-order valence-corrected chi connectivity index (χ3v) is 10.2. The highest BCUT2D eigenvalue weighted by atomic mass is 16.6. The average molecular weight is 883 g/mol. The van der Waals surface area contributed by atoms with Crippen molar-refractivity contribution in [1.29, 1.82) is 0 Å². The number of hydrogen-bond donors (Lipinski definition) is 0. The van der Waals surface area contributed by atoms with Gasteiger partial charge >= 0.3 is 11.9 Å². The van der Waals surface area contributed by atoms with Gasteiger partial charge in [-0.05, 0) is 122 Å². The third kappa shape index (κ3) is 50.7. The molecule has 0 heterocycles. The normalized spacial score (nSPS) is 13.4. The quantitative estimate of drug-likeness (QED) is 0.0346. The zero-order valence-corrected chi connectivity index (χ0v) is 41.2. The fourth-order valence-electron chi connectivity index (χ4n) is 6.37. The number of unbranched alkanes of at least 4 members (excludes halogenated alkanes) is 12. The lowest BCUT2D eigenvalue weighted by atomic mass is 10.1. The molecule has 0 aromatic rings. The van der Waals surface area contributed by atoms with Crippen LogP contribution in [0.4, 0.5) is 0 Å². The van der Waals surface area contributed by atoms with Crippen molar-refractivity contribution >= 4 is 11.9 Å². The van der Waals surface area contributed by atoms with Gasteiger partial charge in [0.25, 0.3) is 0 Å². The maximum atomic E-state index is 12.8. The van der Waals surface area contributed by atoms with Gasteiger partial charge in [0.1, 0.15) is 6.61 Å². The molecule has 0 N–H and O–H groups in total. The van der Waals surface area contributed by atoms with Gasteiger partial charge in [0.05, 0.1) is 6.61 Å². The third-order valence-electron chi connectivity index (χ3n) is 10.2. The minimum atomic E-state index is -0.586. The molecule has 0 aliphatic heterocycles. The number of rotatable bonds is 45. The van der Waals surface area contributed by atoms with Gasteiger partial charge in [0, 0.05) is 19.4 Å². The first kappa shape index (κ1) is 60.0. The summed E-state index contributed by atoms with van der Waals surface area (Å²) >= 11 is 0. The van der Waals surface area contributed by atoms with Crippen LogP contribution in [0.15, 0.2) is 134 Å². The highest BCUT2D eigenvalue weighted by Crippen LogP contribution is 2.11. The number of carbonyl (C=O) groups excluding carboxylic acids is 2. The Labute approximate surface area is 394 Å². The Balaban J connectivity index is 4.42. The zero-order valence-electron chi connectivity index (χ0n) is 41.2. The number of allylic oxidation sites excluding steroid dienone is 22. The maximum absolute atomic E-state index is 12.8. The molecule has 1 atom stereocenters. The van der Waals surface area contributed by atoms with Crippen molar-refractivity contribution in [2.24, 2.45) is 0 Å². The molecule has 64 heavy (non-hydrogen) atoms. The van der Waals surface area contributed by atoms with Crippen LogP contribution in [0, 0.1) is 0 Å². The number of ether oxygens (including phenoxy) is 3. The highest BCUT2D eigenvalue weighted by Gasteiger charge is 2.17. The molecule has 5 nitrogen and oxygen atoms in total. The van der Waals surface area contributed by atoms with Crippen molar-refractivity contribution in [2.45, 2.75) is 207 Å². The molecule has 0 saturated heterocycles. The van der Waals surface area contributed by atoms with Crippen LogP contribution >= 0.6 is 0 Å². The molecule has 0 bridgehead atoms. The molecule has 0 aromatic heterocycles. The van der Waals surface area contributed by atoms with E-state index in [9.17, 15) is 9.59 Å². The Morgan fingerprint density at radius 1 is 0.359 bits per heavy atom. The summed E-state index contributed by atoms with van der Waals surface area (Å²) in [6.45, 7) is 7.41. The molecule has 0 fully saturated rings. The number of carbonyl (C=O) groups is 2. The molecule has 0 spiro atoms. The first-order valence-electron chi connectivity index (χ1n) is 25.7. The summed E-state index contributed by atoms with van der Waals surface area (Å²) in [5.41, 5.74) is 0. The van der Waals surface area contributed by atoms with E-state index in [4.69, 9.17) is 14.2 Å². The molecule has 0 aliphatic carbocycles. The average Bonchev–Trinajstić information content (AvgIpc) is 3.30. The predicted octanol–water partition coefficient (Wildman–Crippen LogP) is 17.6. The molecular weight excluding hydrogens is 789 g/mol. The Bertz CT molecular complexity index is 1370. The molecule has 0 aliphatic rings. The van der Waals surface area contributed by atoms with E-state index in [2.05, 4.69) is 154 Å². The molecule has 0 radical (unpaired) electrons. The van der Waals surface area contributed by atoms with Crippen molar-refractivity contribution < 1.29 is 23.8 Å². The second-order valence-electron chi connectivity index (χ2n) is 16.3. The van der Waals surface area contributed by atoms with Gasteiger partial charge in [-0.15, -0.1) is 0 Å². The van der Waals surface area contributed by atoms with Crippen LogP contribution in [0.3, 0.4) is 0 Å². The minimum absolute atomic E-state index is 0.0330. The topological polar surface area (TPSA) is 61.8 Å². The van der Waals surface area contributed by atoms with E-state index in [1.54, 1.807) is 0 Å². The highest BCUT2D eigenvalue weighted by molar-refractivity contribution is 5.70. The van der Waals surface area contributed by atoms with Gasteiger partial charge < -0.3 is 14.2 Å². The van der Waals surface area contributed by atoms with E-state index >= 15 is 0 Å². The Morgan fingerprint density at radius 3 is 1.19 bits per heavy atom. The molecule has 0 saturated carbocycles. The smallest absolute Gasteiger partial charge is 0.306 e. The van der Waals surface area contributed by atoms with Crippen LogP contribution in [0.1, 0.15) is 201 Å². The monoisotopic (exact) mass is 883 g/mol. The van der Waals surface area contributed by atoms with Gasteiger partial charge in [-0.1, -0.05) is 199 Å². The lowest BCUT2D eigenvalue weighted by molar-refractivity contribution is -0.163. The zero-order chi connectivity index (χ0) is 46.3. The molecule has 0 rings (SSSR count). The minimum Gasteiger partial charge on any atom is -0.462 e. The van der Waals surface area contributed by atoms with Gasteiger partial charge in [-0.3, -0.25) is 9.59 Å². The largest absolute Gasteiger partial charge is 0.462 e. The summed E-state index contributed by atoms with van der Waals surface area (Å²) in [6.07, 6.45) is 76.1. The first-order chi connectivity index (χ1) is 31.6.